The number of hydrogen-bond donors (Lipinski definition) is 4. The Hall–Kier alpha value is -3.76. The minimum absolute atomic E-state index is 0.0275. The first-order valence-electron chi connectivity index (χ1n) is 13.7. The molecule has 0 unspecified atom stereocenters. The van der Waals surface area contributed by atoms with E-state index in [-0.39, 0.29) is 11.0 Å². The third-order valence-electron chi connectivity index (χ3n) is 6.88. The Balaban J connectivity index is 1.55. The van der Waals surface area contributed by atoms with Gasteiger partial charge in [0.1, 0.15) is 12.3 Å². The maximum absolute atomic E-state index is 15.1. The van der Waals surface area contributed by atoms with Gasteiger partial charge in [0.05, 0.1) is 22.4 Å². The van der Waals surface area contributed by atoms with E-state index in [1.165, 1.54) is 4.57 Å². The number of alkyl halides is 1. The van der Waals surface area contributed by atoms with E-state index in [1.54, 1.807) is 48.7 Å². The van der Waals surface area contributed by atoms with Gasteiger partial charge in [0.15, 0.2) is 11.8 Å². The molecule has 41 heavy (non-hydrogen) atoms. The van der Waals surface area contributed by atoms with Gasteiger partial charge in [-0.15, -0.1) is 0 Å². The maximum Gasteiger partial charge on any atom is 0.354 e. The summed E-state index contributed by atoms with van der Waals surface area (Å²) in [7, 11) is 0. The van der Waals surface area contributed by atoms with Crippen molar-refractivity contribution in [2.45, 2.75) is 45.6 Å². The summed E-state index contributed by atoms with van der Waals surface area (Å²) in [5.41, 5.74) is 13.6. The number of rotatable bonds is 13. The highest BCUT2D eigenvalue weighted by atomic mass is 35.5. The lowest BCUT2D eigenvalue weighted by Gasteiger charge is -2.16. The number of hydrogen-bond acceptors (Lipinski definition) is 4. The van der Waals surface area contributed by atoms with Crippen LogP contribution in [0.2, 0.25) is 5.02 Å². The van der Waals surface area contributed by atoms with Crippen molar-refractivity contribution >= 4 is 28.6 Å². The third kappa shape index (κ3) is 7.71. The first-order valence-corrected chi connectivity index (χ1v) is 14.1. The van der Waals surface area contributed by atoms with E-state index in [9.17, 15) is 9.18 Å². The van der Waals surface area contributed by atoms with Gasteiger partial charge < -0.3 is 21.8 Å². The molecule has 2 aromatic heterocycles. The third-order valence-corrected chi connectivity index (χ3v) is 7.16. The molecule has 0 aliphatic carbocycles. The molecule has 0 amide bonds. The van der Waals surface area contributed by atoms with Crippen LogP contribution in [-0.4, -0.2) is 40.3 Å². The summed E-state index contributed by atoms with van der Waals surface area (Å²) in [6.07, 6.45) is 5.15. The molecular weight excluding hydrogens is 548 g/mol. The highest BCUT2D eigenvalue weighted by molar-refractivity contribution is 6.31. The molecule has 11 heteroatoms. The van der Waals surface area contributed by atoms with Crippen molar-refractivity contribution in [2.24, 2.45) is 22.4 Å². The van der Waals surface area contributed by atoms with Crippen LogP contribution in [-0.2, 0) is 6.42 Å². The minimum atomic E-state index is -0.596. The monoisotopic (exact) mass is 583 g/mol. The minimum Gasteiger partial charge on any atom is -0.370 e. The molecule has 0 aliphatic heterocycles. The van der Waals surface area contributed by atoms with Crippen molar-refractivity contribution < 1.29 is 8.78 Å². The van der Waals surface area contributed by atoms with E-state index in [1.807, 2.05) is 0 Å². The molecule has 8 nitrogen and oxygen atoms in total. The van der Waals surface area contributed by atoms with E-state index in [0.29, 0.717) is 53.4 Å². The van der Waals surface area contributed by atoms with Gasteiger partial charge in [-0.2, -0.15) is 4.98 Å². The Morgan fingerprint density at radius 3 is 2.61 bits per heavy atom. The van der Waals surface area contributed by atoms with Crippen LogP contribution >= 0.6 is 11.6 Å². The van der Waals surface area contributed by atoms with Gasteiger partial charge in [0.25, 0.3) is 0 Å². The molecule has 218 valence electrons. The summed E-state index contributed by atoms with van der Waals surface area (Å²) in [6, 6.07) is 11.7. The lowest BCUT2D eigenvalue weighted by Crippen LogP contribution is -2.26. The molecule has 4 aromatic rings. The molecule has 0 fully saturated rings. The second-order valence-corrected chi connectivity index (χ2v) is 10.9. The topological polar surface area (TPSA) is 127 Å². The Morgan fingerprint density at radius 2 is 1.93 bits per heavy atom. The number of aryl methyl sites for hydroxylation is 1. The number of benzene rings is 2. The van der Waals surface area contributed by atoms with Crippen molar-refractivity contribution in [3.8, 4) is 16.9 Å². The fourth-order valence-corrected chi connectivity index (χ4v) is 4.96. The van der Waals surface area contributed by atoms with Gasteiger partial charge in [0, 0.05) is 23.7 Å². The van der Waals surface area contributed by atoms with Gasteiger partial charge >= 0.3 is 5.69 Å². The molecule has 0 bridgehead atoms. The number of guanidine groups is 1. The standard InChI is InChI=1S/C30H36ClF2N7O/c1-18(2)5-3-6-19-13-23(27(33)24(31)14-19)25-15-21-17-40(30(41)39-28(21)38-25)22-9-7-20(8-10-22)26(16-32)36-11-4-12-37-29(34)35/h7-10,13-15,17-18,26,36H,3-6,11-12,16H2,1-2H3,(H4,34,35,37)(H,38,39,41)/t26-/m1/s1. The number of aliphatic imine (C=N–C) groups is 1. The van der Waals surface area contributed by atoms with Gasteiger partial charge in [-0.3, -0.25) is 9.56 Å². The lowest BCUT2D eigenvalue weighted by molar-refractivity contribution is 0.381. The second kappa shape index (κ2) is 13.7. The summed E-state index contributed by atoms with van der Waals surface area (Å²) in [6.45, 7) is 4.74. The SMILES string of the molecule is CC(C)CCCc1cc(Cl)c(F)c(-c2cc3cn(-c4ccc([C@@H](CF)NCCCN=C(N)N)cc4)c(=O)nc3[nH]2)c1. The molecule has 0 saturated carbocycles. The molecule has 0 aliphatic rings. The number of H-pyrrole nitrogens is 1. The molecule has 6 N–H and O–H groups in total. The predicted octanol–water partition coefficient (Wildman–Crippen LogP) is 5.42. The van der Waals surface area contributed by atoms with E-state index in [0.717, 1.165) is 30.4 Å². The molecule has 2 aromatic carbocycles. The van der Waals surface area contributed by atoms with Crippen LogP contribution in [0.25, 0.3) is 28.0 Å². The first kappa shape index (κ1) is 30.2. The number of fused-ring (bicyclic) bond motifs is 1. The number of aromatic amines is 1. The van der Waals surface area contributed by atoms with Crippen LogP contribution in [0.1, 0.15) is 50.3 Å². The summed E-state index contributed by atoms with van der Waals surface area (Å²) < 4.78 is 30.2. The molecule has 0 spiro atoms. The largest absolute Gasteiger partial charge is 0.370 e. The van der Waals surface area contributed by atoms with E-state index < -0.39 is 24.2 Å². The van der Waals surface area contributed by atoms with E-state index in [2.05, 4.69) is 34.1 Å². The summed E-state index contributed by atoms with van der Waals surface area (Å²) in [5.74, 6) is 0.0904. The second-order valence-electron chi connectivity index (χ2n) is 10.5. The van der Waals surface area contributed by atoms with Crippen LogP contribution in [0.4, 0.5) is 8.78 Å². The van der Waals surface area contributed by atoms with Crippen LogP contribution in [0.3, 0.4) is 0 Å². The molecule has 0 saturated heterocycles. The molecule has 4 rings (SSSR count). The predicted molar refractivity (Wildman–Crippen MR) is 162 cm³/mol. The van der Waals surface area contributed by atoms with Crippen molar-refractivity contribution in [1.82, 2.24) is 19.9 Å². The number of aromatic nitrogens is 3. The quantitative estimate of drug-likeness (QED) is 0.0950. The number of nitrogens with two attached hydrogens (primary N) is 2. The first-order chi connectivity index (χ1) is 19.7. The zero-order valence-electron chi connectivity index (χ0n) is 23.3. The van der Waals surface area contributed by atoms with E-state index >= 15 is 4.39 Å². The number of nitrogens with one attached hydrogen (secondary N) is 2. The number of halogens is 3. The Morgan fingerprint density at radius 1 is 1.17 bits per heavy atom. The Kier molecular flexibility index (Phi) is 10.1. The van der Waals surface area contributed by atoms with Crippen LogP contribution in [0, 0.1) is 11.7 Å². The summed E-state index contributed by atoms with van der Waals surface area (Å²) in [5, 5.41) is 3.84. The van der Waals surface area contributed by atoms with Crippen molar-refractivity contribution in [1.29, 1.82) is 0 Å². The zero-order valence-corrected chi connectivity index (χ0v) is 24.0. The van der Waals surface area contributed by atoms with Crippen LogP contribution < -0.4 is 22.5 Å². The highest BCUT2D eigenvalue weighted by Crippen LogP contribution is 2.31. The normalized spacial score (nSPS) is 12.2. The maximum atomic E-state index is 15.1. The Labute approximate surface area is 242 Å². The van der Waals surface area contributed by atoms with E-state index in [4.69, 9.17) is 23.1 Å². The molecule has 1 atom stereocenters. The molecular formula is C30H36ClF2N7O. The van der Waals surface area contributed by atoms with Gasteiger partial charge in [-0.1, -0.05) is 44.0 Å². The lowest BCUT2D eigenvalue weighted by atomic mass is 10.00. The summed E-state index contributed by atoms with van der Waals surface area (Å²) in [4.78, 5) is 24.1. The van der Waals surface area contributed by atoms with Crippen molar-refractivity contribution in [3.63, 3.8) is 0 Å². The van der Waals surface area contributed by atoms with Crippen molar-refractivity contribution in [2.75, 3.05) is 19.8 Å². The summed E-state index contributed by atoms with van der Waals surface area (Å²) >= 11 is 6.24. The van der Waals surface area contributed by atoms with Gasteiger partial charge in [0.2, 0.25) is 0 Å². The van der Waals surface area contributed by atoms with Gasteiger partial charge in [-0.05, 0) is 73.2 Å². The van der Waals surface area contributed by atoms with Crippen LogP contribution in [0.15, 0.2) is 58.4 Å². The Bertz CT molecular complexity index is 1560. The number of nitrogens with zero attached hydrogens (tertiary/aromatic N) is 3. The zero-order chi connectivity index (χ0) is 29.5. The fraction of sp³-hybridized carbons (Fsp3) is 0.367. The molecule has 2 heterocycles. The average molecular weight is 584 g/mol. The average Bonchev–Trinajstić information content (AvgIpc) is 3.34. The van der Waals surface area contributed by atoms with Crippen LogP contribution in [0.5, 0.6) is 0 Å². The highest BCUT2D eigenvalue weighted by Gasteiger charge is 2.16. The smallest absolute Gasteiger partial charge is 0.354 e. The van der Waals surface area contributed by atoms with Crippen molar-refractivity contribution in [3.05, 3.63) is 81.1 Å². The fourth-order valence-electron chi connectivity index (χ4n) is 4.72. The van der Waals surface area contributed by atoms with Gasteiger partial charge in [-0.25, -0.2) is 13.6 Å². The molecule has 0 radical (unpaired) electrons.